The van der Waals surface area contributed by atoms with Gasteiger partial charge in [-0.25, -0.2) is 8.78 Å². The first-order valence-electron chi connectivity index (χ1n) is 13.0. The topological polar surface area (TPSA) is 90.9 Å². The summed E-state index contributed by atoms with van der Waals surface area (Å²) in [5.41, 5.74) is 2.60. The maximum absolute atomic E-state index is 14.2. The Morgan fingerprint density at radius 3 is 2.52 bits per heavy atom. The van der Waals surface area contributed by atoms with E-state index in [0.717, 1.165) is 54.8 Å². The minimum absolute atomic E-state index is 0.00881. The van der Waals surface area contributed by atoms with Crippen molar-refractivity contribution in [2.75, 3.05) is 33.6 Å². The molecule has 3 aromatic carbocycles. The number of aliphatic hydroxyl groups excluding tert-OH is 1. The number of carbonyl (C=O) groups is 2. The Hall–Kier alpha value is -3.09. The van der Waals surface area contributed by atoms with Gasteiger partial charge in [-0.1, -0.05) is 0 Å². The fourth-order valence-electron chi connectivity index (χ4n) is 4.58. The summed E-state index contributed by atoms with van der Waals surface area (Å²) in [6, 6.07) is 16.9. The van der Waals surface area contributed by atoms with E-state index in [2.05, 4.69) is 23.6 Å². The van der Waals surface area contributed by atoms with Crippen LogP contribution >= 0.6 is 20.1 Å². The first-order chi connectivity index (χ1) is 19.2. The van der Waals surface area contributed by atoms with Crippen LogP contribution in [0.25, 0.3) is 11.1 Å². The number of anilines is 2. The van der Waals surface area contributed by atoms with Crippen molar-refractivity contribution in [1.29, 1.82) is 0 Å². The summed E-state index contributed by atoms with van der Waals surface area (Å²) in [5.74, 6) is -2.12. The fraction of sp³-hybridized carbons (Fsp3) is 0.333. The molecule has 10 heteroatoms. The van der Waals surface area contributed by atoms with Crippen LogP contribution in [0.2, 0.25) is 0 Å². The molecule has 0 spiro atoms. The number of ether oxygens (including phenoxy) is 1. The molecule has 0 saturated carbocycles. The number of aryl methyl sites for hydroxylation is 1. The number of aliphatic hydroxyl groups is 1. The van der Waals surface area contributed by atoms with Gasteiger partial charge in [0, 0.05) is 11.6 Å². The van der Waals surface area contributed by atoms with Crippen molar-refractivity contribution in [1.82, 2.24) is 3.11 Å². The molecule has 1 unspecified atom stereocenters. The number of nitrogens with one attached hydrogen (secondary N) is 2. The van der Waals surface area contributed by atoms with Crippen LogP contribution in [0.15, 0.2) is 60.7 Å². The van der Waals surface area contributed by atoms with Crippen molar-refractivity contribution >= 4 is 43.5 Å². The minimum atomic E-state index is -1.14. The molecule has 2 amide bonds. The Balaban J connectivity index is 1.45. The van der Waals surface area contributed by atoms with Gasteiger partial charge in [-0.05, 0) is 6.07 Å². The predicted octanol–water partition coefficient (Wildman–Crippen LogP) is 6.39. The zero-order valence-electron chi connectivity index (χ0n) is 22.6. The normalized spacial score (nSPS) is 15.8. The number of hydrogen-bond donors (Lipinski definition) is 3. The van der Waals surface area contributed by atoms with E-state index in [1.165, 1.54) is 0 Å². The molecule has 7 nitrogen and oxygen atoms in total. The van der Waals surface area contributed by atoms with Crippen molar-refractivity contribution in [3.8, 4) is 11.1 Å². The van der Waals surface area contributed by atoms with E-state index in [1.807, 2.05) is 48.5 Å². The summed E-state index contributed by atoms with van der Waals surface area (Å²) in [6.07, 6.45) is 1.48. The quantitative estimate of drug-likeness (QED) is 0.140. The van der Waals surface area contributed by atoms with Gasteiger partial charge in [-0.15, -0.1) is 0 Å². The molecule has 214 valence electrons. The van der Waals surface area contributed by atoms with Crippen LogP contribution in [-0.2, 0) is 22.6 Å². The molecule has 1 aliphatic rings. The summed E-state index contributed by atoms with van der Waals surface area (Å²) in [4.78, 5) is 30.0. The number of carbonyl (C=O) groups excluding carboxylic acids is 2. The average molecular weight is 666 g/mol. The Morgan fingerprint density at radius 1 is 1.02 bits per heavy atom. The average Bonchev–Trinajstić information content (AvgIpc) is 2.94. The summed E-state index contributed by atoms with van der Waals surface area (Å²) < 4.78 is 36.4. The standard InChI is InChI=1S/C30H34F2IN3O4/c1-33(2)36-14-6-9-23(18-36)40-30(39)35-27-15-20(10-12-24(27)21-7-4-3-5-8-21)11-13-29(38)34-28-17-25(31)22(19-37)16-26(28)32/h3-5,7-8,10,12,15-17,23,37H,6,9,11,13-14,18-19H2,1-2H3,(H,34,38)(H,35,39). The third-order valence-corrected chi connectivity index (χ3v) is 10.3. The van der Waals surface area contributed by atoms with Gasteiger partial charge < -0.3 is 10.4 Å². The molecule has 0 radical (unpaired) electrons. The van der Waals surface area contributed by atoms with E-state index in [0.29, 0.717) is 12.1 Å². The molecule has 1 fully saturated rings. The van der Waals surface area contributed by atoms with Gasteiger partial charge in [-0.2, -0.15) is 0 Å². The van der Waals surface area contributed by atoms with Crippen LogP contribution in [-0.4, -0.2) is 49.3 Å². The van der Waals surface area contributed by atoms with Gasteiger partial charge in [-0.3, -0.25) is 4.79 Å². The Bertz CT molecular complexity index is 1340. The number of hydrogen-bond acceptors (Lipinski definition) is 5. The number of nitrogens with zero attached hydrogens (tertiary/aromatic N) is 1. The monoisotopic (exact) mass is 665 g/mol. The van der Waals surface area contributed by atoms with Crippen LogP contribution in [0.3, 0.4) is 0 Å². The van der Waals surface area contributed by atoms with Gasteiger partial charge in [0.15, 0.2) is 0 Å². The van der Waals surface area contributed by atoms with E-state index < -0.39 is 50.3 Å². The van der Waals surface area contributed by atoms with Gasteiger partial charge in [0.1, 0.15) is 11.6 Å². The fourth-order valence-corrected chi connectivity index (χ4v) is 7.12. The second-order valence-corrected chi connectivity index (χ2v) is 15.2. The predicted molar refractivity (Wildman–Crippen MR) is 162 cm³/mol. The SMILES string of the molecule is CI(C)N1CCCC(OC(=O)Nc2cc(CCC(=O)Nc3cc(F)c(CO)cc3F)ccc2-c2ccccc2)C1. The van der Waals surface area contributed by atoms with Gasteiger partial charge >= 0.3 is 176 Å². The molecule has 0 aliphatic carbocycles. The summed E-state index contributed by atoms with van der Waals surface area (Å²) in [5, 5.41) is 14.4. The second-order valence-electron chi connectivity index (χ2n) is 9.76. The van der Waals surface area contributed by atoms with Crippen LogP contribution in [0, 0.1) is 11.6 Å². The first-order valence-corrected chi connectivity index (χ1v) is 18.3. The summed E-state index contributed by atoms with van der Waals surface area (Å²) >= 11 is -1.14. The molecule has 3 N–H and O–H groups in total. The Labute approximate surface area is 240 Å². The molecule has 1 heterocycles. The van der Waals surface area contributed by atoms with Crippen LogP contribution in [0.4, 0.5) is 25.0 Å². The van der Waals surface area contributed by atoms with Crippen molar-refractivity contribution in [2.45, 2.75) is 38.4 Å². The Kier molecular flexibility index (Phi) is 10.5. The number of rotatable bonds is 9. The zero-order chi connectivity index (χ0) is 28.6. The molecule has 0 aromatic heterocycles. The molecule has 40 heavy (non-hydrogen) atoms. The summed E-state index contributed by atoms with van der Waals surface area (Å²) in [6.45, 7) is 1.18. The van der Waals surface area contributed by atoms with E-state index in [1.54, 1.807) is 0 Å². The van der Waals surface area contributed by atoms with Crippen molar-refractivity contribution in [3.05, 3.63) is 83.4 Å². The number of alkyl halides is 2. The molecule has 3 aromatic rings. The van der Waals surface area contributed by atoms with Gasteiger partial charge in [0.2, 0.25) is 0 Å². The third kappa shape index (κ3) is 7.98. The molecule has 1 aliphatic heterocycles. The number of benzene rings is 3. The molecule has 0 bridgehead atoms. The Morgan fingerprint density at radius 2 is 1.80 bits per heavy atom. The second kappa shape index (κ2) is 14.0. The van der Waals surface area contributed by atoms with Gasteiger partial charge in [0.25, 0.3) is 0 Å². The van der Waals surface area contributed by atoms with Gasteiger partial charge in [0.05, 0.1) is 12.3 Å². The molecule has 4 rings (SSSR count). The van der Waals surface area contributed by atoms with Crippen LogP contribution in [0.5, 0.6) is 0 Å². The molecule has 1 atom stereocenters. The number of piperidine rings is 1. The van der Waals surface area contributed by atoms with E-state index >= 15 is 0 Å². The van der Waals surface area contributed by atoms with E-state index in [9.17, 15) is 18.4 Å². The number of halogens is 3. The first kappa shape index (κ1) is 29.9. The molecule has 1 saturated heterocycles. The summed E-state index contributed by atoms with van der Waals surface area (Å²) in [7, 11) is 0. The van der Waals surface area contributed by atoms with Crippen molar-refractivity contribution in [3.63, 3.8) is 0 Å². The third-order valence-electron chi connectivity index (χ3n) is 6.71. The van der Waals surface area contributed by atoms with Crippen molar-refractivity contribution in [2.24, 2.45) is 0 Å². The van der Waals surface area contributed by atoms with E-state index in [4.69, 9.17) is 9.84 Å². The van der Waals surface area contributed by atoms with E-state index in [-0.39, 0.29) is 23.8 Å². The van der Waals surface area contributed by atoms with Crippen molar-refractivity contribution < 1.29 is 28.2 Å². The van der Waals surface area contributed by atoms with Crippen LogP contribution in [0.1, 0.15) is 30.4 Å². The molecular formula is C30H34F2IN3O4. The number of amides is 2. The maximum atomic E-state index is 14.2. The zero-order valence-corrected chi connectivity index (χ0v) is 24.7. The molecular weight excluding hydrogens is 631 g/mol. The van der Waals surface area contributed by atoms with Crippen LogP contribution < -0.4 is 10.6 Å².